The van der Waals surface area contributed by atoms with Crippen molar-refractivity contribution in [2.24, 2.45) is 0 Å². The molecule has 11 heteroatoms. The predicted octanol–water partition coefficient (Wildman–Crippen LogP) is 2.05. The van der Waals surface area contributed by atoms with Crippen molar-refractivity contribution in [2.75, 3.05) is 12.4 Å². The highest BCUT2D eigenvalue weighted by Crippen LogP contribution is 2.26. The minimum Gasteiger partial charge on any atom is -0.496 e. The number of carbonyl (C=O) groups excluding carboxylic acids is 1. The average molecular weight is 349 g/mol. The molecule has 1 aromatic carbocycles. The van der Waals surface area contributed by atoms with E-state index in [1.165, 1.54) is 36.9 Å². The zero-order chi connectivity index (χ0) is 18.6. The van der Waals surface area contributed by atoms with Gasteiger partial charge in [0.1, 0.15) is 17.6 Å². The highest BCUT2D eigenvalue weighted by molar-refractivity contribution is 5.91. The number of methoxy groups -OCH3 is 1. The van der Waals surface area contributed by atoms with Gasteiger partial charge in [-0.15, -0.1) is 0 Å². The molecule has 0 aliphatic carbocycles. The fraction of sp³-hybridized carbons (Fsp3) is 0.286. The topological polar surface area (TPSA) is 142 Å². The van der Waals surface area contributed by atoms with Crippen LogP contribution in [0.2, 0.25) is 0 Å². The Kier molecular flexibility index (Phi) is 5.27. The Morgan fingerprint density at radius 2 is 2.00 bits per heavy atom. The van der Waals surface area contributed by atoms with Crippen LogP contribution in [-0.2, 0) is 11.3 Å². The number of hydrogen-bond acceptors (Lipinski definition) is 7. The lowest BCUT2D eigenvalue weighted by Crippen LogP contribution is -2.15. The number of nitrogens with zero attached hydrogens (tertiary/aromatic N) is 4. The number of benzene rings is 1. The normalized spacial score (nSPS) is 10.3. The molecule has 2 rings (SSSR count). The number of hydrogen-bond donors (Lipinski definition) is 1. The summed E-state index contributed by atoms with van der Waals surface area (Å²) < 4.78 is 6.32. The van der Waals surface area contributed by atoms with Crippen LogP contribution in [0.5, 0.6) is 5.75 Å². The lowest BCUT2D eigenvalue weighted by atomic mass is 10.2. The van der Waals surface area contributed by atoms with Crippen molar-refractivity contribution in [3.05, 3.63) is 50.3 Å². The molecule has 25 heavy (non-hydrogen) atoms. The van der Waals surface area contributed by atoms with Crippen molar-refractivity contribution in [1.29, 1.82) is 0 Å². The first kappa shape index (κ1) is 17.8. The highest BCUT2D eigenvalue weighted by atomic mass is 16.6. The Labute approximate surface area is 141 Å². The van der Waals surface area contributed by atoms with E-state index in [1.54, 1.807) is 0 Å². The first-order valence-electron chi connectivity index (χ1n) is 7.12. The Balaban J connectivity index is 2.04. The van der Waals surface area contributed by atoms with Crippen molar-refractivity contribution in [2.45, 2.75) is 19.9 Å². The molecule has 1 N–H and O–H groups in total. The summed E-state index contributed by atoms with van der Waals surface area (Å²) in [5, 5.41) is 28.1. The number of nitro benzene ring substituents is 1. The molecule has 0 radical (unpaired) electrons. The Morgan fingerprint density at radius 3 is 2.56 bits per heavy atom. The molecule has 0 aliphatic rings. The fourth-order valence-corrected chi connectivity index (χ4v) is 2.15. The van der Waals surface area contributed by atoms with Crippen molar-refractivity contribution < 1.29 is 19.4 Å². The van der Waals surface area contributed by atoms with Crippen LogP contribution in [-0.4, -0.2) is 32.6 Å². The predicted molar refractivity (Wildman–Crippen MR) is 86.5 cm³/mol. The maximum atomic E-state index is 12.0. The number of rotatable bonds is 7. The summed E-state index contributed by atoms with van der Waals surface area (Å²) in [5.74, 6) is -0.178. The van der Waals surface area contributed by atoms with Gasteiger partial charge in [-0.3, -0.25) is 29.7 Å². The zero-order valence-corrected chi connectivity index (χ0v) is 13.5. The second kappa shape index (κ2) is 7.38. The number of nitro groups is 2. The zero-order valence-electron chi connectivity index (χ0n) is 13.5. The van der Waals surface area contributed by atoms with E-state index in [0.717, 1.165) is 6.20 Å². The lowest BCUT2D eigenvalue weighted by Gasteiger charge is -2.08. The van der Waals surface area contributed by atoms with Crippen LogP contribution in [0.4, 0.5) is 17.1 Å². The van der Waals surface area contributed by atoms with Crippen LogP contribution in [0.1, 0.15) is 12.1 Å². The smallest absolute Gasteiger partial charge is 0.309 e. The summed E-state index contributed by atoms with van der Waals surface area (Å²) in [4.78, 5) is 32.5. The van der Waals surface area contributed by atoms with E-state index >= 15 is 0 Å². The molecule has 0 aliphatic heterocycles. The largest absolute Gasteiger partial charge is 0.496 e. The van der Waals surface area contributed by atoms with Gasteiger partial charge in [-0.2, -0.15) is 5.10 Å². The average Bonchev–Trinajstić information content (AvgIpc) is 2.93. The van der Waals surface area contributed by atoms with Crippen molar-refractivity contribution in [1.82, 2.24) is 9.78 Å². The van der Waals surface area contributed by atoms with Crippen LogP contribution in [0.15, 0.2) is 24.4 Å². The number of anilines is 1. The van der Waals surface area contributed by atoms with E-state index in [2.05, 4.69) is 10.4 Å². The van der Waals surface area contributed by atoms with Gasteiger partial charge in [-0.1, -0.05) is 0 Å². The maximum Gasteiger partial charge on any atom is 0.309 e. The summed E-state index contributed by atoms with van der Waals surface area (Å²) in [6, 6.07) is 3.90. The molecule has 1 aromatic heterocycles. The Bertz CT molecular complexity index is 831. The fourth-order valence-electron chi connectivity index (χ4n) is 2.15. The SMILES string of the molecule is COc1cc(NC(=O)CCn2ncc([N+](=O)[O-])c2C)cc([N+](=O)[O-])c1. The second-order valence-electron chi connectivity index (χ2n) is 5.07. The van der Waals surface area contributed by atoms with Crippen LogP contribution >= 0.6 is 0 Å². The minimum absolute atomic E-state index is 0.00924. The Morgan fingerprint density at radius 1 is 1.28 bits per heavy atom. The molecule has 2 aromatic rings. The second-order valence-corrected chi connectivity index (χ2v) is 5.07. The first-order chi connectivity index (χ1) is 11.8. The number of aromatic nitrogens is 2. The number of nitrogens with one attached hydrogen (secondary N) is 1. The standard InChI is InChI=1S/C14H15N5O6/c1-9-13(19(23)24)8-15-17(9)4-3-14(20)16-10-5-11(18(21)22)7-12(6-10)25-2/h5-8H,3-4H2,1-2H3,(H,16,20). The van der Waals surface area contributed by atoms with E-state index in [1.807, 2.05) is 0 Å². The lowest BCUT2D eigenvalue weighted by molar-refractivity contribution is -0.385. The van der Waals surface area contributed by atoms with Gasteiger partial charge >= 0.3 is 5.69 Å². The molecule has 1 amide bonds. The Hall–Kier alpha value is -3.50. The van der Waals surface area contributed by atoms with E-state index < -0.39 is 15.8 Å². The van der Waals surface area contributed by atoms with Gasteiger partial charge in [0.2, 0.25) is 5.91 Å². The molecule has 0 saturated carbocycles. The molecule has 0 atom stereocenters. The molecule has 0 bridgehead atoms. The van der Waals surface area contributed by atoms with Crippen molar-refractivity contribution >= 4 is 23.0 Å². The van der Waals surface area contributed by atoms with E-state index in [0.29, 0.717) is 5.69 Å². The van der Waals surface area contributed by atoms with E-state index in [-0.39, 0.29) is 35.8 Å². The third-order valence-electron chi connectivity index (χ3n) is 3.45. The molecule has 1 heterocycles. The summed E-state index contributed by atoms with van der Waals surface area (Å²) in [6.45, 7) is 1.67. The summed E-state index contributed by atoms with van der Waals surface area (Å²) >= 11 is 0. The number of ether oxygens (including phenoxy) is 1. The number of non-ortho nitro benzene ring substituents is 1. The van der Waals surface area contributed by atoms with Gasteiger partial charge < -0.3 is 10.1 Å². The first-order valence-corrected chi connectivity index (χ1v) is 7.12. The minimum atomic E-state index is -0.593. The third-order valence-corrected chi connectivity index (χ3v) is 3.45. The molecular weight excluding hydrogens is 334 g/mol. The van der Waals surface area contributed by atoms with Gasteiger partial charge in [0.25, 0.3) is 5.69 Å². The molecule has 0 fully saturated rings. The van der Waals surface area contributed by atoms with Gasteiger partial charge in [-0.25, -0.2) is 0 Å². The molecule has 132 valence electrons. The van der Waals surface area contributed by atoms with Gasteiger partial charge in [0, 0.05) is 18.6 Å². The van der Waals surface area contributed by atoms with Crippen LogP contribution < -0.4 is 10.1 Å². The number of carbonyl (C=O) groups is 1. The number of aryl methyl sites for hydroxylation is 1. The van der Waals surface area contributed by atoms with Gasteiger partial charge in [-0.05, 0) is 6.92 Å². The van der Waals surface area contributed by atoms with Crippen molar-refractivity contribution in [3.8, 4) is 5.75 Å². The molecule has 11 nitrogen and oxygen atoms in total. The van der Waals surface area contributed by atoms with Crippen LogP contribution in [0, 0.1) is 27.2 Å². The monoisotopic (exact) mass is 349 g/mol. The highest BCUT2D eigenvalue weighted by Gasteiger charge is 2.17. The molecular formula is C14H15N5O6. The molecule has 0 saturated heterocycles. The summed E-state index contributed by atoms with van der Waals surface area (Å²) in [6.07, 6.45) is 1.11. The summed E-state index contributed by atoms with van der Waals surface area (Å²) in [5.41, 5.74) is 0.228. The van der Waals surface area contributed by atoms with E-state index in [4.69, 9.17) is 4.74 Å². The molecule has 0 spiro atoms. The van der Waals surface area contributed by atoms with Gasteiger partial charge in [0.05, 0.1) is 35.3 Å². The van der Waals surface area contributed by atoms with E-state index in [9.17, 15) is 25.0 Å². The maximum absolute atomic E-state index is 12.0. The third kappa shape index (κ3) is 4.28. The quantitative estimate of drug-likeness (QED) is 0.595. The van der Waals surface area contributed by atoms with Crippen molar-refractivity contribution in [3.63, 3.8) is 0 Å². The number of amides is 1. The molecule has 0 unspecified atom stereocenters. The summed E-state index contributed by atoms with van der Waals surface area (Å²) in [7, 11) is 1.36. The van der Waals surface area contributed by atoms with Crippen LogP contribution in [0.3, 0.4) is 0 Å². The van der Waals surface area contributed by atoms with Gasteiger partial charge in [0.15, 0.2) is 0 Å². The van der Waals surface area contributed by atoms with Crippen LogP contribution in [0.25, 0.3) is 0 Å².